The lowest BCUT2D eigenvalue weighted by Gasteiger charge is -1.98. The van der Waals surface area contributed by atoms with Crippen molar-refractivity contribution in [1.82, 2.24) is 0 Å². The number of hydrogen-bond acceptors (Lipinski definition) is 1. The SMILES string of the molecule is [CH2]C(F)COCC. The molecule has 1 radical (unpaired) electrons. The van der Waals surface area contributed by atoms with E-state index in [1.54, 1.807) is 0 Å². The molecule has 0 N–H and O–H groups in total. The molecule has 0 fully saturated rings. The van der Waals surface area contributed by atoms with E-state index in [1.807, 2.05) is 6.92 Å². The summed E-state index contributed by atoms with van der Waals surface area (Å²) in [7, 11) is 0. The predicted molar refractivity (Wildman–Crippen MR) is 26.7 cm³/mol. The molecule has 0 saturated heterocycles. The molecule has 0 aliphatic carbocycles. The molecule has 0 aromatic carbocycles. The summed E-state index contributed by atoms with van der Waals surface area (Å²) in [5, 5.41) is 0. The fourth-order valence-corrected chi connectivity index (χ4v) is 0.246. The molecule has 0 bridgehead atoms. The van der Waals surface area contributed by atoms with E-state index in [2.05, 4.69) is 11.7 Å². The molecule has 43 valence electrons. The van der Waals surface area contributed by atoms with Crippen LogP contribution in [0, 0.1) is 6.92 Å². The van der Waals surface area contributed by atoms with Crippen LogP contribution in [-0.2, 0) is 4.74 Å². The van der Waals surface area contributed by atoms with Crippen LogP contribution in [0.15, 0.2) is 0 Å². The summed E-state index contributed by atoms with van der Waals surface area (Å²) in [6.45, 7) is 5.59. The van der Waals surface area contributed by atoms with E-state index in [9.17, 15) is 4.39 Å². The second-order valence-corrected chi connectivity index (χ2v) is 1.26. The van der Waals surface area contributed by atoms with Crippen LogP contribution in [0.25, 0.3) is 0 Å². The van der Waals surface area contributed by atoms with E-state index in [-0.39, 0.29) is 6.61 Å². The van der Waals surface area contributed by atoms with Crippen LogP contribution in [0.2, 0.25) is 0 Å². The molecule has 1 unspecified atom stereocenters. The third kappa shape index (κ3) is 5.89. The normalized spacial score (nSPS) is 14.1. The minimum atomic E-state index is -1.07. The molecule has 7 heavy (non-hydrogen) atoms. The van der Waals surface area contributed by atoms with Crippen LogP contribution in [0.4, 0.5) is 4.39 Å². The van der Waals surface area contributed by atoms with Crippen LogP contribution < -0.4 is 0 Å². The van der Waals surface area contributed by atoms with Gasteiger partial charge in [-0.15, -0.1) is 0 Å². The largest absolute Gasteiger partial charge is 0.379 e. The molecule has 0 amide bonds. The fraction of sp³-hybridized carbons (Fsp3) is 0.800. The Hall–Kier alpha value is -0.110. The number of hydrogen-bond donors (Lipinski definition) is 0. The van der Waals surface area contributed by atoms with Crippen molar-refractivity contribution >= 4 is 0 Å². The van der Waals surface area contributed by atoms with Gasteiger partial charge in [0, 0.05) is 6.61 Å². The van der Waals surface area contributed by atoms with Crippen LogP contribution in [0.3, 0.4) is 0 Å². The highest BCUT2D eigenvalue weighted by molar-refractivity contribution is 4.53. The molecule has 0 aromatic heterocycles. The summed E-state index contributed by atoms with van der Waals surface area (Å²) < 4.78 is 16.3. The number of ether oxygens (including phenoxy) is 1. The van der Waals surface area contributed by atoms with E-state index < -0.39 is 6.17 Å². The summed E-state index contributed by atoms with van der Waals surface area (Å²) in [6.07, 6.45) is -1.07. The summed E-state index contributed by atoms with van der Waals surface area (Å²) in [6, 6.07) is 0. The minimum Gasteiger partial charge on any atom is -0.379 e. The lowest BCUT2D eigenvalue weighted by molar-refractivity contribution is 0.106. The molecule has 2 heteroatoms. The van der Waals surface area contributed by atoms with Crippen molar-refractivity contribution in [2.45, 2.75) is 13.1 Å². The van der Waals surface area contributed by atoms with Gasteiger partial charge in [-0.3, -0.25) is 0 Å². The van der Waals surface area contributed by atoms with Crippen LogP contribution in [-0.4, -0.2) is 19.4 Å². The molecule has 0 aliphatic rings. The zero-order chi connectivity index (χ0) is 5.70. The maximum atomic E-state index is 11.7. The van der Waals surface area contributed by atoms with Gasteiger partial charge < -0.3 is 4.74 Å². The standard InChI is InChI=1S/C5H10FO/c1-3-7-4-5(2)6/h5H,2-4H2,1H3. The Balaban J connectivity index is 2.68. The molecular formula is C5H10FO. The maximum absolute atomic E-state index is 11.7. The lowest BCUT2D eigenvalue weighted by atomic mass is 10.5. The van der Waals surface area contributed by atoms with Crippen molar-refractivity contribution in [1.29, 1.82) is 0 Å². The fourth-order valence-electron chi connectivity index (χ4n) is 0.246. The number of rotatable bonds is 3. The Morgan fingerprint density at radius 3 is 2.57 bits per heavy atom. The van der Waals surface area contributed by atoms with Crippen molar-refractivity contribution in [3.05, 3.63) is 6.92 Å². The molecule has 0 aliphatic heterocycles. The van der Waals surface area contributed by atoms with E-state index >= 15 is 0 Å². The van der Waals surface area contributed by atoms with Crippen molar-refractivity contribution in [3.8, 4) is 0 Å². The van der Waals surface area contributed by atoms with Crippen LogP contribution in [0.1, 0.15) is 6.92 Å². The Morgan fingerprint density at radius 2 is 2.43 bits per heavy atom. The summed E-state index contributed by atoms with van der Waals surface area (Å²) in [5.74, 6) is 0. The minimum absolute atomic E-state index is 0.122. The van der Waals surface area contributed by atoms with Crippen LogP contribution >= 0.6 is 0 Å². The van der Waals surface area contributed by atoms with Crippen molar-refractivity contribution in [2.24, 2.45) is 0 Å². The maximum Gasteiger partial charge on any atom is 0.123 e. The molecule has 0 saturated carbocycles. The number of halogens is 1. The highest BCUT2D eigenvalue weighted by Crippen LogP contribution is 1.86. The summed E-state index contributed by atoms with van der Waals surface area (Å²) in [5.41, 5.74) is 0. The molecule has 1 atom stereocenters. The molecule has 0 aromatic rings. The van der Waals surface area contributed by atoms with Gasteiger partial charge in [0.15, 0.2) is 0 Å². The Labute approximate surface area is 43.5 Å². The average molecular weight is 105 g/mol. The first-order chi connectivity index (χ1) is 3.27. The Morgan fingerprint density at radius 1 is 1.86 bits per heavy atom. The number of alkyl halides is 1. The zero-order valence-corrected chi connectivity index (χ0v) is 4.48. The first-order valence-corrected chi connectivity index (χ1v) is 2.32. The molecule has 0 rings (SSSR count). The van der Waals surface area contributed by atoms with Gasteiger partial charge in [-0.2, -0.15) is 0 Å². The van der Waals surface area contributed by atoms with E-state index in [0.29, 0.717) is 6.61 Å². The van der Waals surface area contributed by atoms with E-state index in [4.69, 9.17) is 0 Å². The van der Waals surface area contributed by atoms with Crippen molar-refractivity contribution < 1.29 is 9.13 Å². The summed E-state index contributed by atoms with van der Waals surface area (Å²) in [4.78, 5) is 0. The Kier molecular flexibility index (Phi) is 4.00. The van der Waals surface area contributed by atoms with E-state index in [0.717, 1.165) is 0 Å². The van der Waals surface area contributed by atoms with Crippen molar-refractivity contribution in [3.63, 3.8) is 0 Å². The third-order valence-electron chi connectivity index (χ3n) is 0.503. The highest BCUT2D eigenvalue weighted by atomic mass is 19.1. The second-order valence-electron chi connectivity index (χ2n) is 1.26. The van der Waals surface area contributed by atoms with Gasteiger partial charge in [0.05, 0.1) is 6.61 Å². The van der Waals surface area contributed by atoms with Gasteiger partial charge >= 0.3 is 0 Å². The first-order valence-electron chi connectivity index (χ1n) is 2.32. The van der Waals surface area contributed by atoms with Crippen LogP contribution in [0.5, 0.6) is 0 Å². The lowest BCUT2D eigenvalue weighted by Crippen LogP contribution is -2.04. The van der Waals surface area contributed by atoms with Gasteiger partial charge in [-0.25, -0.2) is 4.39 Å². The predicted octanol–water partition coefficient (Wildman–Crippen LogP) is 1.20. The van der Waals surface area contributed by atoms with Crippen molar-refractivity contribution in [2.75, 3.05) is 13.2 Å². The van der Waals surface area contributed by atoms with Gasteiger partial charge in [0.25, 0.3) is 0 Å². The quantitative estimate of drug-likeness (QED) is 0.524. The van der Waals surface area contributed by atoms with Gasteiger partial charge in [0.1, 0.15) is 6.17 Å². The summed E-state index contributed by atoms with van der Waals surface area (Å²) >= 11 is 0. The third-order valence-corrected chi connectivity index (χ3v) is 0.503. The van der Waals surface area contributed by atoms with Gasteiger partial charge in [-0.05, 0) is 13.8 Å². The second kappa shape index (κ2) is 4.06. The molecule has 0 heterocycles. The molecule has 0 spiro atoms. The topological polar surface area (TPSA) is 9.23 Å². The van der Waals surface area contributed by atoms with Gasteiger partial charge in [-0.1, -0.05) is 0 Å². The smallest absolute Gasteiger partial charge is 0.123 e. The first kappa shape index (κ1) is 6.89. The van der Waals surface area contributed by atoms with E-state index in [1.165, 1.54) is 0 Å². The zero-order valence-electron chi connectivity index (χ0n) is 4.48. The monoisotopic (exact) mass is 105 g/mol. The van der Waals surface area contributed by atoms with Gasteiger partial charge in [0.2, 0.25) is 0 Å². The molecule has 1 nitrogen and oxygen atoms in total. The Bertz CT molecular complexity index is 37.1. The molecular weight excluding hydrogens is 95.1 g/mol. The average Bonchev–Trinajstić information content (AvgIpc) is 1.61. The highest BCUT2D eigenvalue weighted by Gasteiger charge is 1.93.